The minimum absolute atomic E-state index is 0.516. The van der Waals surface area contributed by atoms with Crippen LogP contribution in [0.3, 0.4) is 0 Å². The van der Waals surface area contributed by atoms with Gasteiger partial charge >= 0.3 is 0 Å². The van der Waals surface area contributed by atoms with Crippen molar-refractivity contribution in [1.82, 2.24) is 0 Å². The van der Waals surface area contributed by atoms with Gasteiger partial charge in [-0.15, -0.1) is 0 Å². The van der Waals surface area contributed by atoms with Crippen LogP contribution in [0, 0.1) is 0 Å². The molecule has 250 valence electrons. The van der Waals surface area contributed by atoms with Crippen LogP contribution >= 0.6 is 0 Å². The summed E-state index contributed by atoms with van der Waals surface area (Å²) in [4.78, 5) is 0. The van der Waals surface area contributed by atoms with Crippen molar-refractivity contribution < 1.29 is 28.4 Å². The molecule has 0 aromatic heterocycles. The second-order valence-corrected chi connectivity index (χ2v) is 11.2. The first-order valence-corrected chi connectivity index (χ1v) is 16.8. The highest BCUT2D eigenvalue weighted by Crippen LogP contribution is 2.26. The third-order valence-corrected chi connectivity index (χ3v) is 7.69. The van der Waals surface area contributed by atoms with Gasteiger partial charge in [0.05, 0.1) is 39.6 Å². The summed E-state index contributed by atoms with van der Waals surface area (Å²) < 4.78 is 33.1. The highest BCUT2D eigenvalue weighted by molar-refractivity contribution is 6.00. The molecule has 0 N–H and O–H groups in total. The predicted octanol–water partition coefficient (Wildman–Crippen LogP) is 9.20. The van der Waals surface area contributed by atoms with Crippen LogP contribution in [0.1, 0.15) is 36.1 Å². The van der Waals surface area contributed by atoms with Gasteiger partial charge in [-0.25, -0.2) is 0 Å². The van der Waals surface area contributed by atoms with Gasteiger partial charge in [-0.3, -0.25) is 0 Å². The molecule has 0 heterocycles. The summed E-state index contributed by atoms with van der Waals surface area (Å²) in [7, 11) is 0. The molecule has 0 saturated heterocycles. The number of rotatable bonds is 20. The molecule has 0 unspecified atom stereocenters. The first-order valence-electron chi connectivity index (χ1n) is 16.8. The van der Waals surface area contributed by atoms with Crippen LogP contribution in [0.15, 0.2) is 97.1 Å². The number of hydrogen-bond donors (Lipinski definition) is 0. The number of ether oxygens (including phenoxy) is 6. The zero-order chi connectivity index (χ0) is 33.2. The Morgan fingerprint density at radius 2 is 0.708 bits per heavy atom. The van der Waals surface area contributed by atoms with Crippen LogP contribution in [0.25, 0.3) is 45.8 Å². The molecule has 5 aromatic rings. The van der Waals surface area contributed by atoms with E-state index in [0.29, 0.717) is 66.1 Å². The van der Waals surface area contributed by atoms with E-state index >= 15 is 0 Å². The van der Waals surface area contributed by atoms with Gasteiger partial charge in [-0.05, 0) is 106 Å². The monoisotopic (exact) mass is 646 g/mol. The average molecular weight is 647 g/mol. The Kier molecular flexibility index (Phi) is 14.1. The van der Waals surface area contributed by atoms with Gasteiger partial charge in [0.1, 0.15) is 24.7 Å². The van der Waals surface area contributed by atoms with Gasteiger partial charge in [-0.2, -0.15) is 0 Å². The lowest BCUT2D eigenvalue weighted by Gasteiger charge is -2.08. The van der Waals surface area contributed by atoms with E-state index in [-0.39, 0.29) is 0 Å². The van der Waals surface area contributed by atoms with E-state index in [1.807, 2.05) is 38.1 Å². The van der Waals surface area contributed by atoms with Crippen LogP contribution in [0.5, 0.6) is 11.5 Å². The summed E-state index contributed by atoms with van der Waals surface area (Å²) in [5, 5.41) is 4.89. The SMILES string of the molecule is CCOCCOCCOc1ccc(C=Cc2ccc3cc4ccc(C=Cc5ccc(OCCOCCOCC)cc5)cc4cc3c2)cc1. The van der Waals surface area contributed by atoms with E-state index in [0.717, 1.165) is 33.8 Å². The molecule has 5 aromatic carbocycles. The Hall–Kier alpha value is -4.46. The van der Waals surface area contributed by atoms with Gasteiger partial charge in [-0.1, -0.05) is 72.8 Å². The third kappa shape index (κ3) is 11.4. The van der Waals surface area contributed by atoms with Crippen molar-refractivity contribution in [1.29, 1.82) is 0 Å². The van der Waals surface area contributed by atoms with E-state index in [1.165, 1.54) is 21.5 Å². The highest BCUT2D eigenvalue weighted by Gasteiger charge is 2.02. The summed E-state index contributed by atoms with van der Waals surface area (Å²) in [6.07, 6.45) is 8.56. The maximum atomic E-state index is 5.78. The molecule has 0 spiro atoms. The smallest absolute Gasteiger partial charge is 0.119 e. The Morgan fingerprint density at radius 3 is 1.15 bits per heavy atom. The maximum Gasteiger partial charge on any atom is 0.119 e. The van der Waals surface area contributed by atoms with Crippen LogP contribution in [0.4, 0.5) is 0 Å². The third-order valence-electron chi connectivity index (χ3n) is 7.69. The zero-order valence-electron chi connectivity index (χ0n) is 28.1. The highest BCUT2D eigenvalue weighted by atomic mass is 16.5. The Morgan fingerprint density at radius 1 is 0.354 bits per heavy atom. The standard InChI is InChI=1S/C42H46O6/c1-3-43-21-23-45-25-27-47-41-17-11-33(12-18-41)5-7-35-9-15-37-31-38-16-10-36(30-40(38)32-39(37)29-35)8-6-34-13-19-42(20-14-34)48-28-26-46-24-22-44-4-2/h5-20,29-32H,3-4,21-28H2,1-2H3. The Bertz CT molecular complexity index is 1610. The van der Waals surface area contributed by atoms with Gasteiger partial charge in [0.2, 0.25) is 0 Å². The van der Waals surface area contributed by atoms with Crippen molar-refractivity contribution in [2.75, 3.05) is 66.1 Å². The van der Waals surface area contributed by atoms with Crippen LogP contribution in [-0.4, -0.2) is 66.1 Å². The van der Waals surface area contributed by atoms with E-state index in [2.05, 4.69) is 97.1 Å². The minimum atomic E-state index is 0.516. The molecule has 0 amide bonds. The van der Waals surface area contributed by atoms with Gasteiger partial charge in [0, 0.05) is 13.2 Å². The predicted molar refractivity (Wildman–Crippen MR) is 198 cm³/mol. The molecule has 0 saturated carbocycles. The van der Waals surface area contributed by atoms with Crippen molar-refractivity contribution in [2.24, 2.45) is 0 Å². The molecule has 0 aliphatic carbocycles. The topological polar surface area (TPSA) is 55.4 Å². The van der Waals surface area contributed by atoms with Crippen molar-refractivity contribution in [3.8, 4) is 11.5 Å². The Labute approximate surface area is 284 Å². The molecule has 0 aliphatic rings. The first kappa shape index (κ1) is 34.9. The largest absolute Gasteiger partial charge is 0.491 e. The van der Waals surface area contributed by atoms with E-state index in [1.54, 1.807) is 0 Å². The molecule has 0 bridgehead atoms. The molecule has 0 radical (unpaired) electrons. The fourth-order valence-corrected chi connectivity index (χ4v) is 5.14. The van der Waals surface area contributed by atoms with E-state index < -0.39 is 0 Å². The molecule has 5 rings (SSSR count). The lowest BCUT2D eigenvalue weighted by atomic mass is 9.99. The fraction of sp³-hybridized carbons (Fsp3) is 0.286. The van der Waals surface area contributed by atoms with Crippen molar-refractivity contribution >= 4 is 45.8 Å². The van der Waals surface area contributed by atoms with Crippen molar-refractivity contribution in [3.05, 3.63) is 119 Å². The fourth-order valence-electron chi connectivity index (χ4n) is 5.14. The van der Waals surface area contributed by atoms with Crippen LogP contribution in [0.2, 0.25) is 0 Å². The average Bonchev–Trinajstić information content (AvgIpc) is 3.12. The minimum Gasteiger partial charge on any atom is -0.491 e. The zero-order valence-corrected chi connectivity index (χ0v) is 28.1. The lowest BCUT2D eigenvalue weighted by Crippen LogP contribution is -2.10. The lowest BCUT2D eigenvalue weighted by molar-refractivity contribution is 0.0405. The number of fused-ring (bicyclic) bond motifs is 2. The van der Waals surface area contributed by atoms with Gasteiger partial charge < -0.3 is 28.4 Å². The van der Waals surface area contributed by atoms with E-state index in [9.17, 15) is 0 Å². The molecule has 6 heteroatoms. The maximum absolute atomic E-state index is 5.78. The van der Waals surface area contributed by atoms with Crippen LogP contribution < -0.4 is 9.47 Å². The molecule has 0 fully saturated rings. The quantitative estimate of drug-likeness (QED) is 0.0478. The molecule has 0 atom stereocenters. The summed E-state index contributed by atoms with van der Waals surface area (Å²) >= 11 is 0. The van der Waals surface area contributed by atoms with Gasteiger partial charge in [0.15, 0.2) is 0 Å². The second kappa shape index (κ2) is 19.4. The number of hydrogen-bond acceptors (Lipinski definition) is 6. The van der Waals surface area contributed by atoms with Crippen molar-refractivity contribution in [2.45, 2.75) is 13.8 Å². The number of benzene rings is 5. The molecule has 6 nitrogen and oxygen atoms in total. The van der Waals surface area contributed by atoms with Crippen LogP contribution in [-0.2, 0) is 18.9 Å². The summed E-state index contributed by atoms with van der Waals surface area (Å²) in [5.74, 6) is 1.67. The summed E-state index contributed by atoms with van der Waals surface area (Å²) in [6.45, 7) is 9.90. The second-order valence-electron chi connectivity index (χ2n) is 11.2. The van der Waals surface area contributed by atoms with E-state index in [4.69, 9.17) is 28.4 Å². The molecule has 0 aliphatic heterocycles. The molecular weight excluding hydrogens is 600 g/mol. The Balaban J connectivity index is 1.14. The molecule has 48 heavy (non-hydrogen) atoms. The summed E-state index contributed by atoms with van der Waals surface area (Å²) in [5.41, 5.74) is 4.55. The van der Waals surface area contributed by atoms with Gasteiger partial charge in [0.25, 0.3) is 0 Å². The summed E-state index contributed by atoms with van der Waals surface area (Å²) in [6, 6.07) is 34.0. The molecular formula is C42H46O6. The normalized spacial score (nSPS) is 11.7. The first-order chi connectivity index (χ1) is 23.7. The van der Waals surface area contributed by atoms with Crippen molar-refractivity contribution in [3.63, 3.8) is 0 Å².